The van der Waals surface area contributed by atoms with Crippen LogP contribution in [-0.4, -0.2) is 35.4 Å². The number of hydrogen-bond acceptors (Lipinski definition) is 3. The molecule has 0 aliphatic rings. The van der Waals surface area contributed by atoms with E-state index in [1.807, 2.05) is 50.2 Å². The van der Waals surface area contributed by atoms with Crippen LogP contribution in [0.4, 0.5) is 0 Å². The number of nitrogens with zero attached hydrogens (tertiary/aromatic N) is 1. The minimum Gasteiger partial charge on any atom is -0.483 e. The van der Waals surface area contributed by atoms with Crippen LogP contribution >= 0.6 is 27.5 Å². The summed E-state index contributed by atoms with van der Waals surface area (Å²) in [5.41, 5.74) is 1.94. The highest BCUT2D eigenvalue weighted by Gasteiger charge is 2.27. The van der Waals surface area contributed by atoms with E-state index >= 15 is 0 Å². The molecule has 0 radical (unpaired) electrons. The van der Waals surface area contributed by atoms with Crippen molar-refractivity contribution in [2.24, 2.45) is 0 Å². The Balaban J connectivity index is 2.19. The molecule has 0 aliphatic carbocycles. The molecule has 2 aromatic rings. The van der Waals surface area contributed by atoms with Crippen LogP contribution in [0.15, 0.2) is 46.9 Å². The smallest absolute Gasteiger partial charge is 0.261 e. The molecule has 0 saturated carbocycles. The van der Waals surface area contributed by atoms with Gasteiger partial charge in [-0.05, 0) is 71.9 Å². The van der Waals surface area contributed by atoms with Crippen LogP contribution in [0.5, 0.6) is 5.75 Å². The van der Waals surface area contributed by atoms with Gasteiger partial charge in [0.25, 0.3) is 5.91 Å². The molecule has 0 aromatic heterocycles. The molecule has 2 aromatic carbocycles. The molecule has 0 unspecified atom stereocenters. The first-order chi connectivity index (χ1) is 14.8. The highest BCUT2D eigenvalue weighted by atomic mass is 79.9. The molecule has 0 saturated heterocycles. The third-order valence-corrected chi connectivity index (χ3v) is 6.21. The molecule has 5 nitrogen and oxygen atoms in total. The second kappa shape index (κ2) is 12.1. The Morgan fingerprint density at radius 1 is 1.16 bits per heavy atom. The number of nitrogens with one attached hydrogen (secondary N) is 1. The predicted molar refractivity (Wildman–Crippen MR) is 128 cm³/mol. The zero-order valence-corrected chi connectivity index (χ0v) is 20.8. The maximum atomic E-state index is 13.1. The Bertz CT molecular complexity index is 906. The van der Waals surface area contributed by atoms with Gasteiger partial charge in [0, 0.05) is 17.6 Å². The Morgan fingerprint density at radius 2 is 1.87 bits per heavy atom. The van der Waals surface area contributed by atoms with Crippen molar-refractivity contribution in [1.82, 2.24) is 10.2 Å². The maximum absolute atomic E-state index is 13.1. The Labute approximate surface area is 198 Å². The maximum Gasteiger partial charge on any atom is 0.261 e. The summed E-state index contributed by atoms with van der Waals surface area (Å²) in [6.07, 6.45) is 1.72. The Kier molecular flexibility index (Phi) is 9.85. The third-order valence-electron chi connectivity index (χ3n) is 5.22. The summed E-state index contributed by atoms with van der Waals surface area (Å²) in [5, 5.41) is 3.50. The average Bonchev–Trinajstić information content (AvgIpc) is 2.76. The fourth-order valence-corrected chi connectivity index (χ4v) is 3.70. The average molecular weight is 510 g/mol. The summed E-state index contributed by atoms with van der Waals surface area (Å²) < 4.78 is 6.57. The molecule has 1 N–H and O–H groups in total. The topological polar surface area (TPSA) is 58.6 Å². The van der Waals surface area contributed by atoms with E-state index in [1.54, 1.807) is 13.0 Å². The van der Waals surface area contributed by atoms with E-state index in [2.05, 4.69) is 28.2 Å². The molecular formula is C24H30BrClN2O3. The molecule has 2 rings (SSSR count). The fourth-order valence-electron chi connectivity index (χ4n) is 2.96. The van der Waals surface area contributed by atoms with Crippen LogP contribution in [0, 0.1) is 0 Å². The number of carbonyl (C=O) groups excluding carboxylic acids is 2. The highest BCUT2D eigenvalue weighted by molar-refractivity contribution is 9.10. The highest BCUT2D eigenvalue weighted by Crippen LogP contribution is 2.26. The van der Waals surface area contributed by atoms with Gasteiger partial charge in [0.05, 0.1) is 4.47 Å². The number of carbonyl (C=O) groups is 2. The number of aryl methyl sites for hydroxylation is 1. The number of halogens is 2. The molecule has 31 heavy (non-hydrogen) atoms. The van der Waals surface area contributed by atoms with Gasteiger partial charge < -0.3 is 15.0 Å². The molecule has 168 valence electrons. The van der Waals surface area contributed by atoms with E-state index in [-0.39, 0.29) is 31.0 Å². The molecule has 0 heterocycles. The number of ether oxygens (including phenoxy) is 1. The van der Waals surface area contributed by atoms with Crippen LogP contribution in [-0.2, 0) is 22.6 Å². The fraction of sp³-hybridized carbons (Fsp3) is 0.417. The standard InChI is InChI=1S/C24H30BrClN2O3/c1-5-16(3)27-24(30)17(4)28(14-19-9-7-8-10-21(19)26)23(29)15-31-22-12-11-18(6-2)13-20(22)25/h7-13,16-17H,5-6,14-15H2,1-4H3,(H,27,30)/t16-,17+/m0/s1. The summed E-state index contributed by atoms with van der Waals surface area (Å²) in [6.45, 7) is 7.76. The number of rotatable bonds is 10. The van der Waals surface area contributed by atoms with Crippen molar-refractivity contribution in [2.75, 3.05) is 6.61 Å². The summed E-state index contributed by atoms with van der Waals surface area (Å²) in [5.74, 6) is 0.0846. The van der Waals surface area contributed by atoms with Gasteiger partial charge in [-0.15, -0.1) is 0 Å². The van der Waals surface area contributed by atoms with Crippen LogP contribution in [0.25, 0.3) is 0 Å². The molecule has 7 heteroatoms. The molecule has 2 atom stereocenters. The Hall–Kier alpha value is -2.05. The van der Waals surface area contributed by atoms with Crippen molar-refractivity contribution < 1.29 is 14.3 Å². The zero-order valence-electron chi connectivity index (χ0n) is 18.5. The lowest BCUT2D eigenvalue weighted by molar-refractivity contribution is -0.142. The zero-order chi connectivity index (χ0) is 23.0. The number of amides is 2. The van der Waals surface area contributed by atoms with Gasteiger partial charge in [0.15, 0.2) is 6.61 Å². The summed E-state index contributed by atoms with van der Waals surface area (Å²) in [7, 11) is 0. The lowest BCUT2D eigenvalue weighted by Crippen LogP contribution is -2.50. The van der Waals surface area contributed by atoms with Crippen LogP contribution in [0.1, 0.15) is 45.2 Å². The second-order valence-corrected chi connectivity index (χ2v) is 8.78. The van der Waals surface area contributed by atoms with Crippen molar-refractivity contribution in [3.8, 4) is 5.75 Å². The monoisotopic (exact) mass is 508 g/mol. The van der Waals surface area contributed by atoms with Gasteiger partial charge in [-0.3, -0.25) is 9.59 Å². The predicted octanol–water partition coefficient (Wildman–Crippen LogP) is 5.38. The first kappa shape index (κ1) is 25.2. The molecule has 0 aliphatic heterocycles. The SMILES string of the molecule is CCc1ccc(OCC(=O)N(Cc2ccccc2Cl)[C@H](C)C(=O)N[C@@H](C)CC)c(Br)c1. The lowest BCUT2D eigenvalue weighted by atomic mass is 10.1. The van der Waals surface area contributed by atoms with Gasteiger partial charge in [0.2, 0.25) is 5.91 Å². The quantitative estimate of drug-likeness (QED) is 0.468. The van der Waals surface area contributed by atoms with Gasteiger partial charge >= 0.3 is 0 Å². The number of benzene rings is 2. The first-order valence-corrected chi connectivity index (χ1v) is 11.7. The van der Waals surface area contributed by atoms with E-state index in [0.29, 0.717) is 10.8 Å². The summed E-state index contributed by atoms with van der Waals surface area (Å²) >= 11 is 9.80. The van der Waals surface area contributed by atoms with Crippen LogP contribution < -0.4 is 10.1 Å². The van der Waals surface area contributed by atoms with E-state index in [1.165, 1.54) is 10.5 Å². The normalized spacial score (nSPS) is 12.7. The van der Waals surface area contributed by atoms with E-state index in [0.717, 1.165) is 22.9 Å². The number of hydrogen-bond donors (Lipinski definition) is 1. The van der Waals surface area contributed by atoms with Crippen LogP contribution in [0.3, 0.4) is 0 Å². The summed E-state index contributed by atoms with van der Waals surface area (Å²) in [6, 6.07) is 12.4. The second-order valence-electron chi connectivity index (χ2n) is 7.51. The lowest BCUT2D eigenvalue weighted by Gasteiger charge is -2.30. The summed E-state index contributed by atoms with van der Waals surface area (Å²) in [4.78, 5) is 27.4. The van der Waals surface area contributed by atoms with Crippen molar-refractivity contribution in [1.29, 1.82) is 0 Å². The van der Waals surface area contributed by atoms with Gasteiger partial charge in [-0.1, -0.05) is 49.7 Å². The van der Waals surface area contributed by atoms with Crippen molar-refractivity contribution in [2.45, 2.75) is 59.2 Å². The molecular weight excluding hydrogens is 480 g/mol. The third kappa shape index (κ3) is 7.25. The first-order valence-electron chi connectivity index (χ1n) is 10.5. The Morgan fingerprint density at radius 3 is 2.48 bits per heavy atom. The van der Waals surface area contributed by atoms with Crippen molar-refractivity contribution in [3.05, 3.63) is 63.1 Å². The minimum atomic E-state index is -0.674. The van der Waals surface area contributed by atoms with E-state index in [4.69, 9.17) is 16.3 Å². The molecule has 0 fully saturated rings. The van der Waals surface area contributed by atoms with E-state index < -0.39 is 6.04 Å². The minimum absolute atomic E-state index is 0.0245. The van der Waals surface area contributed by atoms with Crippen LogP contribution in [0.2, 0.25) is 5.02 Å². The van der Waals surface area contributed by atoms with Gasteiger partial charge in [-0.2, -0.15) is 0 Å². The van der Waals surface area contributed by atoms with E-state index in [9.17, 15) is 9.59 Å². The largest absolute Gasteiger partial charge is 0.483 e. The molecule has 0 spiro atoms. The molecule has 0 bridgehead atoms. The van der Waals surface area contributed by atoms with Gasteiger partial charge in [-0.25, -0.2) is 0 Å². The van der Waals surface area contributed by atoms with Crippen molar-refractivity contribution >= 4 is 39.3 Å². The molecule has 2 amide bonds. The van der Waals surface area contributed by atoms with Crippen molar-refractivity contribution in [3.63, 3.8) is 0 Å². The van der Waals surface area contributed by atoms with Gasteiger partial charge in [0.1, 0.15) is 11.8 Å².